The number of carbonyl (C=O) groups is 1. The van der Waals surface area contributed by atoms with Crippen LogP contribution in [0.5, 0.6) is 5.88 Å². The molecule has 1 aliphatic heterocycles. The maximum atomic E-state index is 12.0. The van der Waals surface area contributed by atoms with E-state index in [0.717, 1.165) is 31.6 Å². The second-order valence-corrected chi connectivity index (χ2v) is 5.34. The molecule has 19 heavy (non-hydrogen) atoms. The number of carbonyl (C=O) groups excluding carboxylic acids is 1. The number of likely N-dealkylation sites (tertiary alicyclic amines) is 1. The summed E-state index contributed by atoms with van der Waals surface area (Å²) >= 11 is 1.46. The molecule has 0 saturated carbocycles. The second kappa shape index (κ2) is 6.75. The molecule has 5 nitrogen and oxygen atoms in total. The zero-order chi connectivity index (χ0) is 13.7. The second-order valence-electron chi connectivity index (χ2n) is 4.56. The van der Waals surface area contributed by atoms with Crippen LogP contribution in [0, 0.1) is 6.92 Å². The third-order valence-electron chi connectivity index (χ3n) is 3.05. The molecule has 0 spiro atoms. The highest BCUT2D eigenvalue weighted by molar-refractivity contribution is 7.98. The van der Waals surface area contributed by atoms with Crippen LogP contribution in [-0.2, 0) is 4.79 Å². The van der Waals surface area contributed by atoms with E-state index in [0.29, 0.717) is 11.0 Å². The van der Waals surface area contributed by atoms with Crippen molar-refractivity contribution in [1.29, 1.82) is 0 Å². The summed E-state index contributed by atoms with van der Waals surface area (Å²) in [5.74, 6) is 0.517. The van der Waals surface area contributed by atoms with E-state index in [-0.39, 0.29) is 12.5 Å². The smallest absolute Gasteiger partial charge is 0.260 e. The summed E-state index contributed by atoms with van der Waals surface area (Å²) in [6, 6.07) is 1.75. The van der Waals surface area contributed by atoms with Crippen molar-refractivity contribution in [3.8, 4) is 5.88 Å². The molecule has 2 heterocycles. The SMILES string of the molecule is CSc1nc(C)cc(OCC(=O)N2CCCCC2)n1. The Hall–Kier alpha value is -1.30. The Bertz CT molecular complexity index is 448. The first-order valence-corrected chi connectivity index (χ1v) is 7.72. The van der Waals surface area contributed by atoms with Crippen LogP contribution in [0.15, 0.2) is 11.2 Å². The molecular formula is C13H19N3O2S. The molecule has 0 aromatic carbocycles. The fourth-order valence-electron chi connectivity index (χ4n) is 2.05. The van der Waals surface area contributed by atoms with Gasteiger partial charge in [-0.2, -0.15) is 4.98 Å². The summed E-state index contributed by atoms with van der Waals surface area (Å²) in [7, 11) is 0. The van der Waals surface area contributed by atoms with Crippen LogP contribution in [0.1, 0.15) is 25.0 Å². The van der Waals surface area contributed by atoms with Gasteiger partial charge in [0.2, 0.25) is 5.88 Å². The van der Waals surface area contributed by atoms with Crippen molar-refractivity contribution >= 4 is 17.7 Å². The van der Waals surface area contributed by atoms with Gasteiger partial charge in [-0.05, 0) is 32.4 Å². The van der Waals surface area contributed by atoms with Crippen molar-refractivity contribution in [2.75, 3.05) is 26.0 Å². The average molecular weight is 281 g/mol. The van der Waals surface area contributed by atoms with E-state index in [9.17, 15) is 4.79 Å². The molecule has 6 heteroatoms. The van der Waals surface area contributed by atoms with Crippen LogP contribution in [0.3, 0.4) is 0 Å². The third-order valence-corrected chi connectivity index (χ3v) is 3.59. The maximum Gasteiger partial charge on any atom is 0.260 e. The summed E-state index contributed by atoms with van der Waals surface area (Å²) in [6.07, 6.45) is 5.31. The topological polar surface area (TPSA) is 55.3 Å². The van der Waals surface area contributed by atoms with Crippen molar-refractivity contribution in [2.24, 2.45) is 0 Å². The minimum Gasteiger partial charge on any atom is -0.467 e. The molecular weight excluding hydrogens is 262 g/mol. The molecule has 2 rings (SSSR count). The highest BCUT2D eigenvalue weighted by Crippen LogP contribution is 2.15. The number of ether oxygens (including phenoxy) is 1. The molecule has 0 unspecified atom stereocenters. The standard InChI is InChI=1S/C13H19N3O2S/c1-10-8-11(15-13(14-10)19-2)18-9-12(17)16-6-4-3-5-7-16/h8H,3-7,9H2,1-2H3. The van der Waals surface area contributed by atoms with Crippen LogP contribution < -0.4 is 4.74 Å². The van der Waals surface area contributed by atoms with E-state index in [2.05, 4.69) is 9.97 Å². The number of thioether (sulfide) groups is 1. The van der Waals surface area contributed by atoms with Gasteiger partial charge in [-0.15, -0.1) is 0 Å². The van der Waals surface area contributed by atoms with E-state index in [1.807, 2.05) is 18.1 Å². The number of aromatic nitrogens is 2. The first-order chi connectivity index (χ1) is 9.19. The Morgan fingerprint density at radius 1 is 1.37 bits per heavy atom. The fourth-order valence-corrected chi connectivity index (χ4v) is 2.47. The van der Waals surface area contributed by atoms with Crippen LogP contribution in [0.2, 0.25) is 0 Å². The van der Waals surface area contributed by atoms with Gasteiger partial charge < -0.3 is 9.64 Å². The lowest BCUT2D eigenvalue weighted by atomic mass is 10.1. The van der Waals surface area contributed by atoms with E-state index in [4.69, 9.17) is 4.74 Å². The molecule has 104 valence electrons. The number of nitrogens with zero attached hydrogens (tertiary/aromatic N) is 3. The zero-order valence-electron chi connectivity index (χ0n) is 11.4. The Labute approximate surface area is 117 Å². The third kappa shape index (κ3) is 4.09. The Morgan fingerprint density at radius 3 is 2.79 bits per heavy atom. The molecule has 1 amide bonds. The van der Waals surface area contributed by atoms with Gasteiger partial charge in [-0.1, -0.05) is 11.8 Å². The normalized spacial score (nSPS) is 15.4. The van der Waals surface area contributed by atoms with E-state index in [1.54, 1.807) is 6.07 Å². The van der Waals surface area contributed by atoms with Gasteiger partial charge in [0.05, 0.1) is 0 Å². The molecule has 1 aliphatic rings. The molecule has 0 atom stereocenters. The van der Waals surface area contributed by atoms with Crippen LogP contribution in [0.25, 0.3) is 0 Å². The first kappa shape index (κ1) is 14.1. The number of aryl methyl sites for hydroxylation is 1. The lowest BCUT2D eigenvalue weighted by molar-refractivity contribution is -0.134. The number of piperidine rings is 1. The average Bonchev–Trinajstić information content (AvgIpc) is 2.45. The van der Waals surface area contributed by atoms with Gasteiger partial charge in [0.25, 0.3) is 5.91 Å². The highest BCUT2D eigenvalue weighted by Gasteiger charge is 2.17. The van der Waals surface area contributed by atoms with Gasteiger partial charge in [0, 0.05) is 24.8 Å². The van der Waals surface area contributed by atoms with Gasteiger partial charge in [-0.3, -0.25) is 4.79 Å². The monoisotopic (exact) mass is 281 g/mol. The fraction of sp³-hybridized carbons (Fsp3) is 0.615. The quantitative estimate of drug-likeness (QED) is 0.623. The van der Waals surface area contributed by atoms with Crippen LogP contribution in [0.4, 0.5) is 0 Å². The van der Waals surface area contributed by atoms with Gasteiger partial charge >= 0.3 is 0 Å². The maximum absolute atomic E-state index is 12.0. The van der Waals surface area contributed by atoms with Gasteiger partial charge in [0.15, 0.2) is 11.8 Å². The van der Waals surface area contributed by atoms with Crippen LogP contribution in [-0.4, -0.2) is 46.7 Å². The van der Waals surface area contributed by atoms with E-state index in [1.165, 1.54) is 18.2 Å². The van der Waals surface area contributed by atoms with Crippen molar-refractivity contribution < 1.29 is 9.53 Å². The minimum absolute atomic E-state index is 0.0432. The largest absolute Gasteiger partial charge is 0.467 e. The van der Waals surface area contributed by atoms with Crippen molar-refractivity contribution in [1.82, 2.24) is 14.9 Å². The van der Waals surface area contributed by atoms with Crippen molar-refractivity contribution in [3.63, 3.8) is 0 Å². The predicted molar refractivity (Wildman–Crippen MR) is 74.5 cm³/mol. The van der Waals surface area contributed by atoms with Crippen LogP contribution >= 0.6 is 11.8 Å². The van der Waals surface area contributed by atoms with Crippen molar-refractivity contribution in [3.05, 3.63) is 11.8 Å². The number of amides is 1. The van der Waals surface area contributed by atoms with E-state index < -0.39 is 0 Å². The minimum atomic E-state index is 0.0432. The summed E-state index contributed by atoms with van der Waals surface area (Å²) < 4.78 is 5.49. The molecule has 1 fully saturated rings. The first-order valence-electron chi connectivity index (χ1n) is 6.49. The predicted octanol–water partition coefficient (Wildman–Crippen LogP) is 1.90. The molecule has 1 aromatic rings. The number of rotatable bonds is 4. The highest BCUT2D eigenvalue weighted by atomic mass is 32.2. The Morgan fingerprint density at radius 2 is 2.11 bits per heavy atom. The number of hydrogen-bond donors (Lipinski definition) is 0. The summed E-state index contributed by atoms with van der Waals surface area (Å²) in [4.78, 5) is 22.3. The summed E-state index contributed by atoms with van der Waals surface area (Å²) in [6.45, 7) is 3.65. The molecule has 1 aromatic heterocycles. The number of hydrogen-bond acceptors (Lipinski definition) is 5. The molecule has 0 bridgehead atoms. The Balaban J connectivity index is 1.90. The molecule has 0 N–H and O–H groups in total. The summed E-state index contributed by atoms with van der Waals surface area (Å²) in [5.41, 5.74) is 0.847. The lowest BCUT2D eigenvalue weighted by Gasteiger charge is -2.26. The van der Waals surface area contributed by atoms with Crippen molar-refractivity contribution in [2.45, 2.75) is 31.3 Å². The Kier molecular flexibility index (Phi) is 5.01. The molecule has 1 saturated heterocycles. The van der Waals surface area contributed by atoms with Gasteiger partial charge in [0.1, 0.15) is 0 Å². The van der Waals surface area contributed by atoms with E-state index >= 15 is 0 Å². The lowest BCUT2D eigenvalue weighted by Crippen LogP contribution is -2.38. The van der Waals surface area contributed by atoms with Gasteiger partial charge in [-0.25, -0.2) is 4.98 Å². The molecule has 0 aliphatic carbocycles. The summed E-state index contributed by atoms with van der Waals surface area (Å²) in [5, 5.41) is 0.667. The zero-order valence-corrected chi connectivity index (χ0v) is 12.2. The molecule has 0 radical (unpaired) electrons.